The van der Waals surface area contributed by atoms with E-state index in [1.165, 1.54) is 6.08 Å². The maximum Gasteiger partial charge on any atom is 0.416 e. The van der Waals surface area contributed by atoms with Crippen molar-refractivity contribution in [3.63, 3.8) is 0 Å². The van der Waals surface area contributed by atoms with Crippen LogP contribution >= 0.6 is 0 Å². The zero-order valence-electron chi connectivity index (χ0n) is 21.4. The average molecular weight is 544 g/mol. The summed E-state index contributed by atoms with van der Waals surface area (Å²) in [4.78, 5) is 27.2. The monoisotopic (exact) mass is 543 g/mol. The second-order valence-corrected chi connectivity index (χ2v) is 8.93. The van der Waals surface area contributed by atoms with Crippen LogP contribution in [0, 0.1) is 0 Å². The van der Waals surface area contributed by atoms with Gasteiger partial charge in [0.15, 0.2) is 0 Å². The average Bonchev–Trinajstić information content (AvgIpc) is 2.90. The van der Waals surface area contributed by atoms with Gasteiger partial charge in [-0.2, -0.15) is 13.2 Å². The van der Waals surface area contributed by atoms with Crippen molar-refractivity contribution in [2.45, 2.75) is 12.2 Å². The molecule has 0 aliphatic carbocycles. The van der Waals surface area contributed by atoms with Crippen LogP contribution in [0.5, 0.6) is 0 Å². The third kappa shape index (κ3) is 8.39. The van der Waals surface area contributed by atoms with E-state index in [-0.39, 0.29) is 16.7 Å². The summed E-state index contributed by atoms with van der Waals surface area (Å²) in [5.41, 5.74) is 6.56. The summed E-state index contributed by atoms with van der Waals surface area (Å²) in [5, 5.41) is 5.52. The first kappa shape index (κ1) is 29.3. The van der Waals surface area contributed by atoms with Gasteiger partial charge in [-0.1, -0.05) is 40.9 Å². The lowest BCUT2D eigenvalue weighted by molar-refractivity contribution is -0.137. The second kappa shape index (κ2) is 13.0. The fraction of sp³-hybridized carbons (Fsp3) is 0.214. The first-order chi connectivity index (χ1) is 18.5. The molecule has 3 aromatic rings. The highest BCUT2D eigenvalue weighted by atomic mass is 19.4. The molecule has 7 nitrogen and oxygen atoms in total. The molecule has 3 rings (SSSR count). The molecule has 0 fully saturated rings. The topological polar surface area (TPSA) is 90.7 Å². The Bertz CT molecular complexity index is 1290. The summed E-state index contributed by atoms with van der Waals surface area (Å²) >= 11 is 0. The number of likely N-dealkylation sites (N-methyl/N-ethyl adjacent to an activating group) is 1. The van der Waals surface area contributed by atoms with E-state index in [2.05, 4.69) is 10.6 Å². The van der Waals surface area contributed by atoms with Gasteiger partial charge in [-0.05, 0) is 67.7 Å². The van der Waals surface area contributed by atoms with Crippen molar-refractivity contribution >= 4 is 35.0 Å². The number of rotatable bonds is 10. The number of halogens is 4. The highest BCUT2D eigenvalue weighted by molar-refractivity contribution is 6.03. The SMILES string of the molecule is CN(C)CCNC(C(=O)N(F)c1ccc(C(F)(F)F)cc1)c1ccc(C=CC(=O)Nc2ccccc2N)cc1. The second-order valence-electron chi connectivity index (χ2n) is 8.93. The van der Waals surface area contributed by atoms with E-state index in [4.69, 9.17) is 5.73 Å². The Morgan fingerprint density at radius 3 is 2.21 bits per heavy atom. The van der Waals surface area contributed by atoms with Gasteiger partial charge in [-0.3, -0.25) is 9.59 Å². The van der Waals surface area contributed by atoms with Crippen molar-refractivity contribution in [1.29, 1.82) is 0 Å². The van der Waals surface area contributed by atoms with Gasteiger partial charge in [0.05, 0.1) is 22.6 Å². The Balaban J connectivity index is 1.75. The molecule has 0 spiro atoms. The Hall–Kier alpha value is -4.22. The molecule has 0 aliphatic heterocycles. The van der Waals surface area contributed by atoms with Crippen LogP contribution in [-0.2, 0) is 15.8 Å². The van der Waals surface area contributed by atoms with Crippen LogP contribution in [0.15, 0.2) is 78.9 Å². The number of nitrogens with zero attached hydrogens (tertiary/aromatic N) is 2. The number of carbonyl (C=O) groups is 2. The fourth-order valence-corrected chi connectivity index (χ4v) is 3.56. The summed E-state index contributed by atoms with van der Waals surface area (Å²) < 4.78 is 53.6. The number of para-hydroxylation sites is 2. The summed E-state index contributed by atoms with van der Waals surface area (Å²) in [7, 11) is 3.68. The molecule has 206 valence electrons. The number of hydrogen-bond donors (Lipinski definition) is 3. The van der Waals surface area contributed by atoms with Gasteiger partial charge in [-0.15, -0.1) is 5.12 Å². The molecular formula is C28H29F4N5O2. The van der Waals surface area contributed by atoms with Crippen molar-refractivity contribution in [3.8, 4) is 0 Å². The maximum atomic E-state index is 15.1. The van der Waals surface area contributed by atoms with Gasteiger partial charge in [-0.25, -0.2) is 0 Å². The Kier molecular flexibility index (Phi) is 9.80. The molecule has 0 radical (unpaired) electrons. The summed E-state index contributed by atoms with van der Waals surface area (Å²) in [6.45, 7) is 0.896. The number of nitrogens with one attached hydrogen (secondary N) is 2. The zero-order chi connectivity index (χ0) is 28.6. The summed E-state index contributed by atoms with van der Waals surface area (Å²) in [5.74, 6) is -1.38. The van der Waals surface area contributed by atoms with Crippen LogP contribution in [0.25, 0.3) is 6.08 Å². The first-order valence-electron chi connectivity index (χ1n) is 11.9. The highest BCUT2D eigenvalue weighted by Crippen LogP contribution is 2.31. The van der Waals surface area contributed by atoms with Crippen LogP contribution in [-0.4, -0.2) is 43.9 Å². The molecule has 0 saturated heterocycles. The largest absolute Gasteiger partial charge is 0.416 e. The van der Waals surface area contributed by atoms with E-state index in [0.29, 0.717) is 47.7 Å². The van der Waals surface area contributed by atoms with Crippen LogP contribution in [0.2, 0.25) is 0 Å². The molecule has 1 atom stereocenters. The predicted molar refractivity (Wildman–Crippen MR) is 144 cm³/mol. The summed E-state index contributed by atoms with van der Waals surface area (Å²) in [6.07, 6.45) is -1.68. The number of hydrogen-bond acceptors (Lipinski definition) is 5. The smallest absolute Gasteiger partial charge is 0.397 e. The number of nitrogens with two attached hydrogens (primary N) is 1. The molecule has 39 heavy (non-hydrogen) atoms. The lowest BCUT2D eigenvalue weighted by Crippen LogP contribution is -2.39. The number of alkyl halides is 3. The molecule has 0 bridgehead atoms. The van der Waals surface area contributed by atoms with Crippen molar-refractivity contribution in [3.05, 3.63) is 95.6 Å². The first-order valence-corrected chi connectivity index (χ1v) is 11.9. The van der Waals surface area contributed by atoms with E-state index in [1.54, 1.807) is 54.6 Å². The Morgan fingerprint density at radius 1 is 0.974 bits per heavy atom. The van der Waals surface area contributed by atoms with Crippen molar-refractivity contribution in [2.75, 3.05) is 43.4 Å². The van der Waals surface area contributed by atoms with Gasteiger partial charge in [0.25, 0.3) is 5.91 Å². The number of amides is 2. The van der Waals surface area contributed by atoms with Gasteiger partial charge >= 0.3 is 6.18 Å². The van der Waals surface area contributed by atoms with E-state index in [9.17, 15) is 22.8 Å². The third-order valence-corrected chi connectivity index (χ3v) is 5.68. The number of carbonyl (C=O) groups excluding carboxylic acids is 2. The molecule has 11 heteroatoms. The van der Waals surface area contributed by atoms with E-state index in [0.717, 1.165) is 12.1 Å². The molecule has 0 heterocycles. The maximum absolute atomic E-state index is 15.1. The van der Waals surface area contributed by atoms with Crippen LogP contribution < -0.4 is 21.5 Å². The number of anilines is 3. The molecule has 0 aromatic heterocycles. The van der Waals surface area contributed by atoms with E-state index in [1.807, 2.05) is 19.0 Å². The van der Waals surface area contributed by atoms with Gasteiger partial charge in [0, 0.05) is 19.2 Å². The third-order valence-electron chi connectivity index (χ3n) is 5.68. The lowest BCUT2D eigenvalue weighted by Gasteiger charge is -2.23. The summed E-state index contributed by atoms with van der Waals surface area (Å²) in [6, 6.07) is 15.5. The quantitative estimate of drug-likeness (QED) is 0.144. The Morgan fingerprint density at radius 2 is 1.62 bits per heavy atom. The Labute approximate surface area is 223 Å². The van der Waals surface area contributed by atoms with E-state index >= 15 is 4.48 Å². The number of benzene rings is 3. The van der Waals surface area contributed by atoms with Crippen LogP contribution in [0.1, 0.15) is 22.7 Å². The normalized spacial score (nSPS) is 12.5. The minimum absolute atomic E-state index is 0.166. The lowest BCUT2D eigenvalue weighted by atomic mass is 10.0. The number of nitrogen functional groups attached to an aromatic ring is 1. The van der Waals surface area contributed by atoms with Crippen molar-refractivity contribution in [1.82, 2.24) is 10.2 Å². The van der Waals surface area contributed by atoms with E-state index < -0.39 is 23.7 Å². The molecule has 3 aromatic carbocycles. The molecular weight excluding hydrogens is 514 g/mol. The van der Waals surface area contributed by atoms with Gasteiger partial charge in [0.2, 0.25) is 5.91 Å². The standard InChI is InChI=1S/C28H29F4N5O2/c1-36(2)18-17-34-26(27(39)37(32)22-14-12-21(13-15-22)28(29,30)31)20-10-7-19(8-11-20)9-16-25(38)35-24-6-4-3-5-23(24)33/h3-16,26,34H,17-18,33H2,1-2H3,(H,35,38). The predicted octanol–water partition coefficient (Wildman–Crippen LogP) is 5.05. The highest BCUT2D eigenvalue weighted by Gasteiger charge is 2.31. The zero-order valence-corrected chi connectivity index (χ0v) is 21.4. The van der Waals surface area contributed by atoms with Crippen LogP contribution in [0.4, 0.5) is 34.7 Å². The van der Waals surface area contributed by atoms with Gasteiger partial charge in [0.1, 0.15) is 6.04 Å². The van der Waals surface area contributed by atoms with Crippen molar-refractivity contribution in [2.24, 2.45) is 0 Å². The fourth-order valence-electron chi connectivity index (χ4n) is 3.56. The molecule has 1 unspecified atom stereocenters. The minimum atomic E-state index is -4.58. The molecule has 0 saturated carbocycles. The van der Waals surface area contributed by atoms with Crippen molar-refractivity contribution < 1.29 is 27.2 Å². The molecule has 0 aliphatic rings. The van der Waals surface area contributed by atoms with Gasteiger partial charge < -0.3 is 21.3 Å². The minimum Gasteiger partial charge on any atom is -0.397 e. The molecule has 4 N–H and O–H groups in total. The van der Waals surface area contributed by atoms with Crippen LogP contribution in [0.3, 0.4) is 0 Å². The molecule has 2 amide bonds.